The molecule has 2 aliphatic rings. The molecular formula is C14H20N2O. The minimum Gasteiger partial charge on any atom is -0.487 e. The third kappa shape index (κ3) is 2.12. The van der Waals surface area contributed by atoms with Gasteiger partial charge in [-0.15, -0.1) is 0 Å². The molecule has 3 nitrogen and oxygen atoms in total. The molecule has 0 aromatic heterocycles. The van der Waals surface area contributed by atoms with E-state index in [1.807, 2.05) is 0 Å². The summed E-state index contributed by atoms with van der Waals surface area (Å²) >= 11 is 0. The Bertz CT molecular complexity index is 422. The maximum Gasteiger partial charge on any atom is 0.125 e. The summed E-state index contributed by atoms with van der Waals surface area (Å²) in [6, 6.07) is 6.66. The summed E-state index contributed by atoms with van der Waals surface area (Å²) in [6.07, 6.45) is 1.02. The minimum absolute atomic E-state index is 0.0373. The standard InChI is InChI=1S/C14H20N2O/c1-14(2)10-11-3-4-12(9-13(11)17-14)16-7-5-15-6-8-16/h3-4,9,15H,5-8,10H2,1-2H3. The molecular weight excluding hydrogens is 212 g/mol. The number of rotatable bonds is 1. The second-order valence-corrected chi connectivity index (χ2v) is 5.57. The Kier molecular flexibility index (Phi) is 2.51. The molecule has 17 heavy (non-hydrogen) atoms. The van der Waals surface area contributed by atoms with E-state index >= 15 is 0 Å². The van der Waals surface area contributed by atoms with Crippen LogP contribution in [-0.4, -0.2) is 31.8 Å². The van der Waals surface area contributed by atoms with Crippen LogP contribution < -0.4 is 15.0 Å². The van der Waals surface area contributed by atoms with Gasteiger partial charge in [-0.3, -0.25) is 0 Å². The van der Waals surface area contributed by atoms with Crippen molar-refractivity contribution < 1.29 is 4.74 Å². The average Bonchev–Trinajstić information content (AvgIpc) is 2.63. The summed E-state index contributed by atoms with van der Waals surface area (Å²) in [6.45, 7) is 8.62. The van der Waals surface area contributed by atoms with Crippen LogP contribution >= 0.6 is 0 Å². The van der Waals surface area contributed by atoms with Crippen LogP contribution in [0.2, 0.25) is 0 Å². The zero-order valence-electron chi connectivity index (χ0n) is 10.6. The molecule has 0 radical (unpaired) electrons. The lowest BCUT2D eigenvalue weighted by molar-refractivity contribution is 0.138. The highest BCUT2D eigenvalue weighted by Crippen LogP contribution is 2.37. The predicted octanol–water partition coefficient (Wildman–Crippen LogP) is 1.81. The number of hydrogen-bond acceptors (Lipinski definition) is 3. The van der Waals surface area contributed by atoms with Crippen LogP contribution in [0.15, 0.2) is 18.2 Å². The second-order valence-electron chi connectivity index (χ2n) is 5.57. The Morgan fingerprint density at radius 1 is 1.24 bits per heavy atom. The average molecular weight is 232 g/mol. The molecule has 1 aromatic rings. The zero-order valence-corrected chi connectivity index (χ0v) is 10.6. The van der Waals surface area contributed by atoms with Crippen molar-refractivity contribution >= 4 is 5.69 Å². The fourth-order valence-corrected chi connectivity index (χ4v) is 2.70. The van der Waals surface area contributed by atoms with E-state index in [0.717, 1.165) is 38.3 Å². The molecule has 1 aromatic carbocycles. The first-order chi connectivity index (χ1) is 8.14. The monoisotopic (exact) mass is 232 g/mol. The van der Waals surface area contributed by atoms with Crippen molar-refractivity contribution in [3.63, 3.8) is 0 Å². The smallest absolute Gasteiger partial charge is 0.125 e. The highest BCUT2D eigenvalue weighted by Gasteiger charge is 2.30. The van der Waals surface area contributed by atoms with Crippen LogP contribution in [0.4, 0.5) is 5.69 Å². The number of hydrogen-bond donors (Lipinski definition) is 1. The van der Waals surface area contributed by atoms with Gasteiger partial charge in [0, 0.05) is 44.4 Å². The third-order valence-electron chi connectivity index (χ3n) is 3.54. The maximum absolute atomic E-state index is 5.98. The quantitative estimate of drug-likeness (QED) is 0.799. The molecule has 1 fully saturated rings. The molecule has 0 bridgehead atoms. The number of fused-ring (bicyclic) bond motifs is 1. The summed E-state index contributed by atoms with van der Waals surface area (Å²) < 4.78 is 5.98. The van der Waals surface area contributed by atoms with Gasteiger partial charge in [0.05, 0.1) is 0 Å². The number of nitrogens with zero attached hydrogens (tertiary/aromatic N) is 1. The molecule has 92 valence electrons. The van der Waals surface area contributed by atoms with E-state index in [4.69, 9.17) is 4.74 Å². The number of piperazine rings is 1. The normalized spacial score (nSPS) is 22.1. The lowest BCUT2D eigenvalue weighted by Gasteiger charge is -2.29. The van der Waals surface area contributed by atoms with Gasteiger partial charge in [-0.05, 0) is 25.5 Å². The summed E-state index contributed by atoms with van der Waals surface area (Å²) in [5, 5.41) is 3.38. The van der Waals surface area contributed by atoms with Gasteiger partial charge in [0.15, 0.2) is 0 Å². The van der Waals surface area contributed by atoms with Crippen molar-refractivity contribution in [2.24, 2.45) is 0 Å². The first kappa shape index (κ1) is 10.9. The molecule has 0 spiro atoms. The van der Waals surface area contributed by atoms with Gasteiger partial charge in [-0.25, -0.2) is 0 Å². The predicted molar refractivity (Wildman–Crippen MR) is 69.9 cm³/mol. The molecule has 0 unspecified atom stereocenters. The van der Waals surface area contributed by atoms with Gasteiger partial charge in [0.1, 0.15) is 11.4 Å². The summed E-state index contributed by atoms with van der Waals surface area (Å²) in [5.41, 5.74) is 2.60. The second kappa shape index (κ2) is 3.91. The van der Waals surface area contributed by atoms with E-state index in [9.17, 15) is 0 Å². The van der Waals surface area contributed by atoms with Crippen molar-refractivity contribution in [2.75, 3.05) is 31.1 Å². The fraction of sp³-hybridized carbons (Fsp3) is 0.571. The molecule has 1 N–H and O–H groups in total. The van der Waals surface area contributed by atoms with Gasteiger partial charge >= 0.3 is 0 Å². The molecule has 0 aliphatic carbocycles. The van der Waals surface area contributed by atoms with Gasteiger partial charge in [0.25, 0.3) is 0 Å². The lowest BCUT2D eigenvalue weighted by atomic mass is 10.0. The SMILES string of the molecule is CC1(C)Cc2ccc(N3CCNCC3)cc2O1. The molecule has 3 rings (SSSR count). The van der Waals surface area contributed by atoms with Gasteiger partial charge < -0.3 is 15.0 Å². The minimum atomic E-state index is -0.0373. The summed E-state index contributed by atoms with van der Waals surface area (Å²) in [5.74, 6) is 1.08. The van der Waals surface area contributed by atoms with Crippen molar-refractivity contribution in [3.05, 3.63) is 23.8 Å². The maximum atomic E-state index is 5.98. The van der Waals surface area contributed by atoms with E-state index in [0.29, 0.717) is 0 Å². The van der Waals surface area contributed by atoms with Crippen molar-refractivity contribution in [1.82, 2.24) is 5.32 Å². The van der Waals surface area contributed by atoms with Gasteiger partial charge in [-0.1, -0.05) is 6.07 Å². The Morgan fingerprint density at radius 2 is 2.00 bits per heavy atom. The zero-order chi connectivity index (χ0) is 11.9. The number of anilines is 1. The third-order valence-corrected chi connectivity index (χ3v) is 3.54. The topological polar surface area (TPSA) is 24.5 Å². The van der Waals surface area contributed by atoms with Crippen LogP contribution in [0.25, 0.3) is 0 Å². The van der Waals surface area contributed by atoms with E-state index in [2.05, 4.69) is 42.3 Å². The Hall–Kier alpha value is -1.22. The van der Waals surface area contributed by atoms with E-state index in [-0.39, 0.29) is 5.60 Å². The van der Waals surface area contributed by atoms with Crippen LogP contribution in [0.1, 0.15) is 19.4 Å². The molecule has 2 heterocycles. The highest BCUT2D eigenvalue weighted by atomic mass is 16.5. The Labute approximate surface area is 103 Å². The molecule has 0 saturated carbocycles. The number of benzene rings is 1. The van der Waals surface area contributed by atoms with E-state index < -0.39 is 0 Å². The molecule has 0 atom stereocenters. The van der Waals surface area contributed by atoms with Gasteiger partial charge in [0.2, 0.25) is 0 Å². The highest BCUT2D eigenvalue weighted by molar-refractivity contribution is 5.55. The first-order valence-electron chi connectivity index (χ1n) is 6.42. The van der Waals surface area contributed by atoms with Crippen molar-refractivity contribution in [2.45, 2.75) is 25.9 Å². The van der Waals surface area contributed by atoms with Crippen LogP contribution in [0.3, 0.4) is 0 Å². The molecule has 3 heteroatoms. The number of nitrogens with one attached hydrogen (secondary N) is 1. The van der Waals surface area contributed by atoms with Crippen molar-refractivity contribution in [3.8, 4) is 5.75 Å². The molecule has 2 aliphatic heterocycles. The largest absolute Gasteiger partial charge is 0.487 e. The number of ether oxygens (including phenoxy) is 1. The Balaban J connectivity index is 1.85. The lowest BCUT2D eigenvalue weighted by Crippen LogP contribution is -2.43. The van der Waals surface area contributed by atoms with Crippen LogP contribution in [-0.2, 0) is 6.42 Å². The van der Waals surface area contributed by atoms with E-state index in [1.54, 1.807) is 0 Å². The molecule has 1 saturated heterocycles. The first-order valence-corrected chi connectivity index (χ1v) is 6.42. The summed E-state index contributed by atoms with van der Waals surface area (Å²) in [4.78, 5) is 2.42. The van der Waals surface area contributed by atoms with Crippen LogP contribution in [0, 0.1) is 0 Å². The fourth-order valence-electron chi connectivity index (χ4n) is 2.70. The van der Waals surface area contributed by atoms with Crippen LogP contribution in [0.5, 0.6) is 5.75 Å². The Morgan fingerprint density at radius 3 is 2.76 bits per heavy atom. The molecule has 0 amide bonds. The van der Waals surface area contributed by atoms with Crippen molar-refractivity contribution in [1.29, 1.82) is 0 Å². The van der Waals surface area contributed by atoms with Gasteiger partial charge in [-0.2, -0.15) is 0 Å². The van der Waals surface area contributed by atoms with E-state index in [1.165, 1.54) is 11.3 Å². The summed E-state index contributed by atoms with van der Waals surface area (Å²) in [7, 11) is 0.